The zero-order valence-electron chi connectivity index (χ0n) is 16.0. The third kappa shape index (κ3) is 3.84. The van der Waals surface area contributed by atoms with Gasteiger partial charge < -0.3 is 0 Å². The largest absolute Gasteiger partial charge is 0.243 e. The van der Waals surface area contributed by atoms with Crippen LogP contribution < -0.4 is 0 Å². The molecule has 0 aliphatic carbocycles. The third-order valence-electron chi connectivity index (χ3n) is 5.07. The van der Waals surface area contributed by atoms with Gasteiger partial charge in [-0.15, -0.1) is 0 Å². The van der Waals surface area contributed by atoms with Crippen LogP contribution in [0.5, 0.6) is 0 Å². The van der Waals surface area contributed by atoms with Crippen molar-refractivity contribution in [2.45, 2.75) is 30.6 Å². The van der Waals surface area contributed by atoms with Crippen LogP contribution in [0.15, 0.2) is 46.2 Å². The molecule has 9 heteroatoms. The molecule has 1 aliphatic rings. The van der Waals surface area contributed by atoms with Crippen LogP contribution in [0.25, 0.3) is 0 Å². The summed E-state index contributed by atoms with van der Waals surface area (Å²) in [6.45, 7) is 5.52. The molecule has 1 heterocycles. The summed E-state index contributed by atoms with van der Waals surface area (Å²) in [6.07, 6.45) is 0. The van der Waals surface area contributed by atoms with E-state index in [9.17, 15) is 21.2 Å². The molecule has 6 nitrogen and oxygen atoms in total. The van der Waals surface area contributed by atoms with Gasteiger partial charge in [0.25, 0.3) is 0 Å². The van der Waals surface area contributed by atoms with E-state index in [1.54, 1.807) is 18.2 Å². The number of hydrogen-bond donors (Lipinski definition) is 0. The molecule has 1 aliphatic heterocycles. The topological polar surface area (TPSA) is 74.8 Å². The van der Waals surface area contributed by atoms with Crippen molar-refractivity contribution < 1.29 is 21.2 Å². The molecular weight excluding hydrogens is 403 g/mol. The summed E-state index contributed by atoms with van der Waals surface area (Å²) in [5.74, 6) is -0.499. The van der Waals surface area contributed by atoms with Crippen molar-refractivity contribution in [2.24, 2.45) is 0 Å². The Kier molecular flexibility index (Phi) is 5.64. The van der Waals surface area contributed by atoms with Gasteiger partial charge in [0.15, 0.2) is 0 Å². The highest BCUT2D eigenvalue weighted by Gasteiger charge is 2.34. The molecule has 2 aromatic rings. The molecule has 0 bridgehead atoms. The number of piperazine rings is 1. The molecule has 0 radical (unpaired) electrons. The first-order valence-electron chi connectivity index (χ1n) is 8.87. The highest BCUT2D eigenvalue weighted by Crippen LogP contribution is 2.25. The Morgan fingerprint density at radius 2 is 1.29 bits per heavy atom. The lowest BCUT2D eigenvalue weighted by atomic mass is 10.1. The van der Waals surface area contributed by atoms with E-state index in [0.29, 0.717) is 5.56 Å². The van der Waals surface area contributed by atoms with Crippen LogP contribution in [0.1, 0.15) is 16.7 Å². The van der Waals surface area contributed by atoms with Crippen LogP contribution in [-0.4, -0.2) is 51.6 Å². The van der Waals surface area contributed by atoms with Crippen LogP contribution in [0.2, 0.25) is 0 Å². The van der Waals surface area contributed by atoms with Gasteiger partial charge in [-0.2, -0.15) is 8.61 Å². The molecule has 0 spiro atoms. The Balaban J connectivity index is 1.79. The maximum atomic E-state index is 13.3. The molecular formula is C19H23FN2O4S2. The van der Waals surface area contributed by atoms with Crippen molar-refractivity contribution in [3.63, 3.8) is 0 Å². The van der Waals surface area contributed by atoms with Gasteiger partial charge in [-0.25, -0.2) is 21.2 Å². The van der Waals surface area contributed by atoms with Crippen LogP contribution >= 0.6 is 0 Å². The SMILES string of the molecule is Cc1ccc(S(=O)(=O)N2CCN(S(=O)(=O)c3ccc(F)cc3C)CC2)cc1C. The molecule has 0 unspecified atom stereocenters. The first-order chi connectivity index (χ1) is 13.0. The minimum absolute atomic E-state index is 0.0411. The predicted molar refractivity (Wildman–Crippen MR) is 105 cm³/mol. The molecule has 28 heavy (non-hydrogen) atoms. The summed E-state index contributed by atoms with van der Waals surface area (Å²) >= 11 is 0. The first kappa shape index (κ1) is 20.9. The normalized spacial score (nSPS) is 17.0. The predicted octanol–water partition coefficient (Wildman–Crippen LogP) is 2.45. The molecule has 1 fully saturated rings. The third-order valence-corrected chi connectivity index (χ3v) is 9.02. The fourth-order valence-electron chi connectivity index (χ4n) is 3.22. The number of rotatable bonds is 4. The van der Waals surface area contributed by atoms with Crippen LogP contribution in [0.4, 0.5) is 4.39 Å². The number of halogens is 1. The number of aryl methyl sites for hydroxylation is 3. The van der Waals surface area contributed by atoms with E-state index in [-0.39, 0.29) is 36.0 Å². The smallest absolute Gasteiger partial charge is 0.207 e. The second-order valence-electron chi connectivity index (χ2n) is 6.96. The van der Waals surface area contributed by atoms with Crippen molar-refractivity contribution in [2.75, 3.05) is 26.2 Å². The molecule has 152 valence electrons. The maximum Gasteiger partial charge on any atom is 0.243 e. The summed E-state index contributed by atoms with van der Waals surface area (Å²) < 4.78 is 67.3. The summed E-state index contributed by atoms with van der Waals surface area (Å²) in [7, 11) is -7.50. The Morgan fingerprint density at radius 3 is 1.82 bits per heavy atom. The number of hydrogen-bond acceptors (Lipinski definition) is 4. The zero-order chi connectivity index (χ0) is 20.7. The van der Waals surface area contributed by atoms with Crippen molar-refractivity contribution in [1.29, 1.82) is 0 Å². The molecule has 3 rings (SSSR count). The summed E-state index contributed by atoms with van der Waals surface area (Å²) in [5.41, 5.74) is 2.21. The van der Waals surface area contributed by atoms with E-state index in [1.807, 2.05) is 13.8 Å². The van der Waals surface area contributed by atoms with Crippen molar-refractivity contribution >= 4 is 20.0 Å². The second-order valence-corrected chi connectivity index (χ2v) is 10.8. The van der Waals surface area contributed by atoms with E-state index in [0.717, 1.165) is 17.2 Å². The van der Waals surface area contributed by atoms with Crippen molar-refractivity contribution in [3.05, 3.63) is 58.9 Å². The maximum absolute atomic E-state index is 13.3. The zero-order valence-corrected chi connectivity index (χ0v) is 17.6. The molecule has 0 aromatic heterocycles. The molecule has 0 saturated carbocycles. The lowest BCUT2D eigenvalue weighted by molar-refractivity contribution is 0.272. The van der Waals surface area contributed by atoms with E-state index in [1.165, 1.54) is 27.7 Å². The summed E-state index contributed by atoms with van der Waals surface area (Å²) in [6, 6.07) is 8.50. The summed E-state index contributed by atoms with van der Waals surface area (Å²) in [5, 5.41) is 0. The van der Waals surface area contributed by atoms with Crippen molar-refractivity contribution in [3.8, 4) is 0 Å². The molecule has 0 amide bonds. The molecule has 2 aromatic carbocycles. The average molecular weight is 427 g/mol. The monoisotopic (exact) mass is 426 g/mol. The fourth-order valence-corrected chi connectivity index (χ4v) is 6.35. The number of sulfonamides is 2. The van der Waals surface area contributed by atoms with Gasteiger partial charge in [0.2, 0.25) is 20.0 Å². The average Bonchev–Trinajstić information content (AvgIpc) is 2.63. The van der Waals surface area contributed by atoms with Crippen LogP contribution in [-0.2, 0) is 20.0 Å². The second kappa shape index (κ2) is 7.55. The Bertz CT molecular complexity index is 1110. The molecule has 1 saturated heterocycles. The lowest BCUT2D eigenvalue weighted by Crippen LogP contribution is -2.50. The minimum atomic E-state index is -3.81. The van der Waals surface area contributed by atoms with E-state index < -0.39 is 25.9 Å². The Hall–Kier alpha value is -1.81. The van der Waals surface area contributed by atoms with E-state index in [2.05, 4.69) is 0 Å². The van der Waals surface area contributed by atoms with Gasteiger partial charge in [0.05, 0.1) is 9.79 Å². The quantitative estimate of drug-likeness (QED) is 0.753. The van der Waals surface area contributed by atoms with Crippen LogP contribution in [0.3, 0.4) is 0 Å². The van der Waals surface area contributed by atoms with Gasteiger partial charge in [0.1, 0.15) is 5.82 Å². The highest BCUT2D eigenvalue weighted by molar-refractivity contribution is 7.89. The summed E-state index contributed by atoms with van der Waals surface area (Å²) in [4.78, 5) is 0.251. The van der Waals surface area contributed by atoms with E-state index >= 15 is 0 Å². The molecule has 0 atom stereocenters. The van der Waals surface area contributed by atoms with Gasteiger partial charge in [-0.3, -0.25) is 0 Å². The van der Waals surface area contributed by atoms with Gasteiger partial charge in [0, 0.05) is 26.2 Å². The first-order valence-corrected chi connectivity index (χ1v) is 11.8. The molecule has 0 N–H and O–H groups in total. The van der Waals surface area contributed by atoms with Gasteiger partial charge in [-0.05, 0) is 67.8 Å². The van der Waals surface area contributed by atoms with Crippen molar-refractivity contribution in [1.82, 2.24) is 8.61 Å². The fraction of sp³-hybridized carbons (Fsp3) is 0.368. The highest BCUT2D eigenvalue weighted by atomic mass is 32.2. The van der Waals surface area contributed by atoms with Gasteiger partial charge >= 0.3 is 0 Å². The lowest BCUT2D eigenvalue weighted by Gasteiger charge is -2.33. The van der Waals surface area contributed by atoms with Crippen LogP contribution in [0, 0.1) is 26.6 Å². The number of benzene rings is 2. The standard InChI is InChI=1S/C19H23FN2O4S2/c1-14-4-6-18(13-15(14)2)27(23,24)21-8-10-22(11-9-21)28(25,26)19-7-5-17(20)12-16(19)3/h4-7,12-13H,8-11H2,1-3H3. The Labute approximate surface area is 165 Å². The van der Waals surface area contributed by atoms with Gasteiger partial charge in [-0.1, -0.05) is 6.07 Å². The number of nitrogens with zero attached hydrogens (tertiary/aromatic N) is 2. The minimum Gasteiger partial charge on any atom is -0.207 e. The Morgan fingerprint density at radius 1 is 0.714 bits per heavy atom. The van der Waals surface area contributed by atoms with E-state index in [4.69, 9.17) is 0 Å².